The van der Waals surface area contributed by atoms with Crippen LogP contribution in [0.3, 0.4) is 0 Å². The van der Waals surface area contributed by atoms with Crippen molar-refractivity contribution in [3.05, 3.63) is 102 Å². The molecule has 1 fully saturated rings. The van der Waals surface area contributed by atoms with Gasteiger partial charge in [0, 0.05) is 31.4 Å². The summed E-state index contributed by atoms with van der Waals surface area (Å²) >= 11 is 1.65. The number of halogens is 3. The monoisotopic (exact) mass is 643 g/mol. The van der Waals surface area contributed by atoms with Crippen LogP contribution in [0.25, 0.3) is 21.6 Å². The lowest BCUT2D eigenvalue weighted by atomic mass is 9.97. The maximum Gasteiger partial charge on any atom is 0.416 e. The summed E-state index contributed by atoms with van der Waals surface area (Å²) in [5.74, 6) is 1.69. The highest BCUT2D eigenvalue weighted by molar-refractivity contribution is 7.18. The van der Waals surface area contributed by atoms with Crippen LogP contribution in [0.2, 0.25) is 0 Å². The first-order valence-corrected chi connectivity index (χ1v) is 15.6. The summed E-state index contributed by atoms with van der Waals surface area (Å²) in [7, 11) is 2.08. The van der Waals surface area contributed by atoms with Crippen LogP contribution < -0.4 is 20.3 Å². The zero-order chi connectivity index (χ0) is 32.4. The number of urea groups is 1. The number of benzene rings is 3. The summed E-state index contributed by atoms with van der Waals surface area (Å²) in [6.45, 7) is 4.91. The Kier molecular flexibility index (Phi) is 8.68. The van der Waals surface area contributed by atoms with E-state index < -0.39 is 17.8 Å². The van der Waals surface area contributed by atoms with E-state index in [1.807, 2.05) is 62.5 Å². The van der Waals surface area contributed by atoms with Gasteiger partial charge in [0.25, 0.3) is 0 Å². The molecule has 3 aromatic carbocycles. The largest absolute Gasteiger partial charge is 0.439 e. The molecule has 2 aromatic heterocycles. The second-order valence-electron chi connectivity index (χ2n) is 11.5. The zero-order valence-electron chi connectivity index (χ0n) is 25.5. The van der Waals surface area contributed by atoms with Gasteiger partial charge in [0.05, 0.1) is 28.0 Å². The number of aryl methyl sites for hydroxylation is 2. The molecule has 0 spiro atoms. The Morgan fingerprint density at radius 2 is 1.67 bits per heavy atom. The van der Waals surface area contributed by atoms with Gasteiger partial charge in [0.1, 0.15) is 5.75 Å². The molecular formula is C35H32F3N5O2S. The van der Waals surface area contributed by atoms with E-state index in [0.29, 0.717) is 28.4 Å². The Bertz CT molecular complexity index is 1850. The number of thiazole rings is 1. The van der Waals surface area contributed by atoms with E-state index in [2.05, 4.69) is 32.5 Å². The van der Waals surface area contributed by atoms with Crippen LogP contribution in [0.5, 0.6) is 11.6 Å². The topological polar surface area (TPSA) is 79.4 Å². The van der Waals surface area contributed by atoms with Crippen LogP contribution in [0.15, 0.2) is 85.2 Å². The minimum atomic E-state index is -4.56. The fraction of sp³-hybridized carbons (Fsp3) is 0.229. The molecule has 0 saturated heterocycles. The van der Waals surface area contributed by atoms with Gasteiger partial charge in [-0.1, -0.05) is 35.6 Å². The van der Waals surface area contributed by atoms with Crippen molar-refractivity contribution in [2.24, 2.45) is 5.92 Å². The first-order valence-electron chi connectivity index (χ1n) is 14.8. The molecular weight excluding hydrogens is 611 g/mol. The van der Waals surface area contributed by atoms with E-state index in [1.54, 1.807) is 23.5 Å². The second-order valence-corrected chi connectivity index (χ2v) is 12.5. The Morgan fingerprint density at radius 1 is 0.913 bits per heavy atom. The van der Waals surface area contributed by atoms with Crippen molar-refractivity contribution in [3.63, 3.8) is 0 Å². The number of nitrogens with one attached hydrogen (secondary N) is 2. The third-order valence-corrected chi connectivity index (χ3v) is 8.98. The average Bonchev–Trinajstić information content (AvgIpc) is 3.70. The van der Waals surface area contributed by atoms with Gasteiger partial charge >= 0.3 is 12.2 Å². The van der Waals surface area contributed by atoms with Gasteiger partial charge in [-0.25, -0.2) is 14.8 Å². The summed E-state index contributed by atoms with van der Waals surface area (Å²) in [6, 6.07) is 19.0. The molecule has 1 saturated carbocycles. The fourth-order valence-corrected chi connectivity index (χ4v) is 5.82. The number of nitrogens with zero attached hydrogens (tertiary/aromatic N) is 3. The lowest BCUT2D eigenvalue weighted by molar-refractivity contribution is -0.137. The van der Waals surface area contributed by atoms with Gasteiger partial charge < -0.3 is 20.3 Å². The summed E-state index contributed by atoms with van der Waals surface area (Å²) in [5.41, 5.74) is 3.75. The first-order chi connectivity index (χ1) is 22.0. The lowest BCUT2D eigenvalue weighted by Crippen LogP contribution is -2.20. The quantitative estimate of drug-likeness (QED) is 0.167. The maximum absolute atomic E-state index is 13.5. The minimum Gasteiger partial charge on any atom is -0.439 e. The molecule has 6 rings (SSSR count). The SMILES string of the molecule is Cc1ccc(-c2ccc(C(F)(F)F)cc2NC(=O)Nc2ccc(Oc3ccc(-c4cnc(N(C)CC5CC5)s4)cc3)nc2)cc1C. The van der Waals surface area contributed by atoms with Gasteiger partial charge in [-0.05, 0) is 97.3 Å². The van der Waals surface area contributed by atoms with E-state index in [4.69, 9.17) is 4.74 Å². The van der Waals surface area contributed by atoms with Crippen molar-refractivity contribution in [2.45, 2.75) is 32.9 Å². The van der Waals surface area contributed by atoms with Crippen molar-refractivity contribution in [3.8, 4) is 33.2 Å². The molecule has 0 unspecified atom stereocenters. The third kappa shape index (κ3) is 7.48. The van der Waals surface area contributed by atoms with E-state index >= 15 is 0 Å². The lowest BCUT2D eigenvalue weighted by Gasteiger charge is -2.16. The number of alkyl halides is 3. The normalized spacial score (nSPS) is 12.9. The van der Waals surface area contributed by atoms with Crippen LogP contribution >= 0.6 is 11.3 Å². The highest BCUT2D eigenvalue weighted by Gasteiger charge is 2.31. The number of hydrogen-bond donors (Lipinski definition) is 2. The predicted molar refractivity (Wildman–Crippen MR) is 177 cm³/mol. The molecule has 7 nitrogen and oxygen atoms in total. The van der Waals surface area contributed by atoms with Gasteiger partial charge in [0.15, 0.2) is 5.13 Å². The summed E-state index contributed by atoms with van der Waals surface area (Å²) in [6.07, 6.45) is 1.33. The van der Waals surface area contributed by atoms with Crippen molar-refractivity contribution in [2.75, 3.05) is 29.1 Å². The van der Waals surface area contributed by atoms with Gasteiger partial charge in [0.2, 0.25) is 5.88 Å². The second kappa shape index (κ2) is 12.8. The summed E-state index contributed by atoms with van der Waals surface area (Å²) in [4.78, 5) is 25.0. The summed E-state index contributed by atoms with van der Waals surface area (Å²) in [5, 5.41) is 6.22. The number of rotatable bonds is 9. The molecule has 2 amide bonds. The smallest absolute Gasteiger partial charge is 0.416 e. The van der Waals surface area contributed by atoms with Crippen LogP contribution in [0, 0.1) is 19.8 Å². The average molecular weight is 644 g/mol. The Hall–Kier alpha value is -4.90. The fourth-order valence-electron chi connectivity index (χ4n) is 4.93. The molecule has 1 aliphatic rings. The van der Waals surface area contributed by atoms with Gasteiger partial charge in [-0.2, -0.15) is 13.2 Å². The Morgan fingerprint density at radius 3 is 2.35 bits per heavy atom. The van der Waals surface area contributed by atoms with Crippen molar-refractivity contribution >= 4 is 33.9 Å². The third-order valence-electron chi connectivity index (χ3n) is 7.82. The number of anilines is 3. The maximum atomic E-state index is 13.5. The van der Waals surface area contributed by atoms with Crippen LogP contribution in [0.4, 0.5) is 34.5 Å². The molecule has 0 radical (unpaired) electrons. The van der Waals surface area contributed by atoms with Gasteiger partial charge in [-0.15, -0.1) is 0 Å². The Balaban J connectivity index is 1.09. The minimum absolute atomic E-state index is 0.0340. The number of carbonyl (C=O) groups is 1. The highest BCUT2D eigenvalue weighted by Crippen LogP contribution is 2.37. The zero-order valence-corrected chi connectivity index (χ0v) is 26.3. The molecule has 5 aromatic rings. The van der Waals surface area contributed by atoms with Crippen molar-refractivity contribution < 1.29 is 22.7 Å². The number of hydrogen-bond acceptors (Lipinski definition) is 6. The molecule has 1 aliphatic carbocycles. The van der Waals surface area contributed by atoms with E-state index in [-0.39, 0.29) is 5.69 Å². The number of aromatic nitrogens is 2. The van der Waals surface area contributed by atoms with Crippen LogP contribution in [-0.2, 0) is 6.18 Å². The molecule has 0 aliphatic heterocycles. The van der Waals surface area contributed by atoms with E-state index in [0.717, 1.165) is 51.3 Å². The van der Waals surface area contributed by atoms with Crippen LogP contribution in [-0.4, -0.2) is 29.6 Å². The number of pyridine rings is 1. The van der Waals surface area contributed by atoms with Crippen molar-refractivity contribution in [1.82, 2.24) is 9.97 Å². The number of ether oxygens (including phenoxy) is 1. The van der Waals surface area contributed by atoms with Gasteiger partial charge in [-0.3, -0.25) is 0 Å². The van der Waals surface area contributed by atoms with Crippen molar-refractivity contribution in [1.29, 1.82) is 0 Å². The number of amides is 2. The Labute approximate surface area is 269 Å². The molecule has 2 heterocycles. The molecule has 2 N–H and O–H groups in total. The highest BCUT2D eigenvalue weighted by atomic mass is 32.1. The first kappa shape index (κ1) is 31.1. The molecule has 236 valence electrons. The molecule has 46 heavy (non-hydrogen) atoms. The summed E-state index contributed by atoms with van der Waals surface area (Å²) < 4.78 is 46.4. The number of carbonyl (C=O) groups excluding carboxylic acids is 1. The molecule has 0 bridgehead atoms. The standard InChI is InChI=1S/C35H32F3N5O2S/c1-21-4-7-25(16-22(21)2)29-14-10-26(35(36,37)38)17-30(29)42-33(44)41-27-11-15-32(39-18-27)45-28-12-8-24(9-13-28)31-19-40-34(46-31)43(3)20-23-5-6-23/h4,7-19,23H,5-6,20H2,1-3H3,(H2,41,42,44). The molecule has 11 heteroatoms. The van der Waals surface area contributed by atoms with E-state index in [9.17, 15) is 18.0 Å². The molecule has 0 atom stereocenters. The van der Waals surface area contributed by atoms with Crippen LogP contribution in [0.1, 0.15) is 29.5 Å². The predicted octanol–water partition coefficient (Wildman–Crippen LogP) is 9.79. The van der Waals surface area contributed by atoms with E-state index in [1.165, 1.54) is 25.1 Å².